The summed E-state index contributed by atoms with van der Waals surface area (Å²) < 4.78 is 1.96. The van der Waals surface area contributed by atoms with Crippen LogP contribution in [0.3, 0.4) is 0 Å². The van der Waals surface area contributed by atoms with Crippen LogP contribution in [0.2, 0.25) is 0 Å². The number of benzene rings is 2. The molecule has 192 valence electrons. The molecule has 1 saturated carbocycles. The van der Waals surface area contributed by atoms with Gasteiger partial charge in [0.1, 0.15) is 6.04 Å². The van der Waals surface area contributed by atoms with Crippen LogP contribution in [0.5, 0.6) is 0 Å². The molecule has 1 saturated heterocycles. The van der Waals surface area contributed by atoms with Crippen molar-refractivity contribution in [3.63, 3.8) is 0 Å². The number of piperazine rings is 1. The van der Waals surface area contributed by atoms with Gasteiger partial charge in [-0.1, -0.05) is 79.9 Å². The van der Waals surface area contributed by atoms with Gasteiger partial charge in [0.15, 0.2) is 6.04 Å². The van der Waals surface area contributed by atoms with Crippen LogP contribution < -0.4 is 10.6 Å². The van der Waals surface area contributed by atoms with Crippen molar-refractivity contribution in [1.29, 1.82) is 0 Å². The molecular formula is C29H33N5O3. The van der Waals surface area contributed by atoms with Crippen molar-refractivity contribution >= 4 is 17.7 Å². The minimum Gasteiger partial charge on any atom is -0.351 e. The van der Waals surface area contributed by atoms with Gasteiger partial charge in [0.2, 0.25) is 5.91 Å². The molecule has 0 radical (unpaired) electrons. The highest BCUT2D eigenvalue weighted by atomic mass is 16.2. The zero-order chi connectivity index (χ0) is 25.6. The molecule has 3 aromatic rings. The van der Waals surface area contributed by atoms with E-state index in [1.54, 1.807) is 6.33 Å². The van der Waals surface area contributed by atoms with Gasteiger partial charge >= 0.3 is 0 Å². The fourth-order valence-corrected chi connectivity index (χ4v) is 5.26. The number of hydrogen-bond donors (Lipinski definition) is 2. The lowest BCUT2D eigenvalue weighted by Gasteiger charge is -2.38. The minimum atomic E-state index is -1.19. The molecule has 3 amide bonds. The van der Waals surface area contributed by atoms with Crippen LogP contribution in [-0.4, -0.2) is 50.3 Å². The van der Waals surface area contributed by atoms with Crippen molar-refractivity contribution in [1.82, 2.24) is 25.1 Å². The Balaban J connectivity index is 1.32. The summed E-state index contributed by atoms with van der Waals surface area (Å²) in [6.45, 7) is 0.858. The van der Waals surface area contributed by atoms with Crippen LogP contribution in [-0.2, 0) is 33.9 Å². The van der Waals surface area contributed by atoms with Gasteiger partial charge in [-0.25, -0.2) is 4.98 Å². The first-order valence-electron chi connectivity index (χ1n) is 13.1. The molecule has 8 heteroatoms. The molecule has 1 aliphatic carbocycles. The standard InChI is InChI=1S/C29H33N5O3/c35-27(31-23-14-8-3-9-15-23)26-28(36)32-25(29(37)34(26)18-22-12-6-2-7-13-22)16-24-19-33(20-30-24)17-21-10-4-1-5-11-21/h1-2,4-7,10-13,19-20,23,25-26H,3,8-9,14-18H2,(H,31,35)(H,32,36). The third kappa shape index (κ3) is 6.07. The Morgan fingerprint density at radius 3 is 2.24 bits per heavy atom. The van der Waals surface area contributed by atoms with Gasteiger partial charge < -0.3 is 20.1 Å². The van der Waals surface area contributed by atoms with Crippen molar-refractivity contribution < 1.29 is 14.4 Å². The highest BCUT2D eigenvalue weighted by Gasteiger charge is 2.45. The summed E-state index contributed by atoms with van der Waals surface area (Å²) in [4.78, 5) is 46.1. The Morgan fingerprint density at radius 2 is 1.57 bits per heavy atom. The molecule has 37 heavy (non-hydrogen) atoms. The average Bonchev–Trinajstić information content (AvgIpc) is 3.35. The normalized spacial score (nSPS) is 20.5. The second-order valence-electron chi connectivity index (χ2n) is 9.99. The van der Waals surface area contributed by atoms with Crippen LogP contribution >= 0.6 is 0 Å². The molecule has 8 nitrogen and oxygen atoms in total. The first-order chi connectivity index (χ1) is 18.1. The molecular weight excluding hydrogens is 466 g/mol. The Morgan fingerprint density at radius 1 is 0.919 bits per heavy atom. The number of carbonyl (C=O) groups excluding carboxylic acids is 3. The number of imidazole rings is 1. The Kier molecular flexibility index (Phi) is 7.63. The van der Waals surface area contributed by atoms with Gasteiger partial charge in [0, 0.05) is 31.7 Å². The van der Waals surface area contributed by atoms with E-state index in [2.05, 4.69) is 15.6 Å². The van der Waals surface area contributed by atoms with Gasteiger partial charge in [-0.3, -0.25) is 14.4 Å². The summed E-state index contributed by atoms with van der Waals surface area (Å²) in [5.74, 6) is -1.12. The molecule has 1 aromatic heterocycles. The zero-order valence-corrected chi connectivity index (χ0v) is 20.9. The Hall–Kier alpha value is -3.94. The number of nitrogens with zero attached hydrogens (tertiary/aromatic N) is 3. The van der Waals surface area contributed by atoms with E-state index in [0.29, 0.717) is 12.2 Å². The monoisotopic (exact) mass is 499 g/mol. The molecule has 2 heterocycles. The fraction of sp³-hybridized carbons (Fsp3) is 0.379. The van der Waals surface area contributed by atoms with Crippen LogP contribution in [0, 0.1) is 0 Å². The molecule has 0 spiro atoms. The Labute approximate surface area is 217 Å². The van der Waals surface area contributed by atoms with E-state index in [9.17, 15) is 14.4 Å². The van der Waals surface area contributed by atoms with E-state index in [4.69, 9.17) is 0 Å². The lowest BCUT2D eigenvalue weighted by molar-refractivity contribution is -0.155. The highest BCUT2D eigenvalue weighted by Crippen LogP contribution is 2.21. The lowest BCUT2D eigenvalue weighted by atomic mass is 9.94. The molecule has 2 N–H and O–H groups in total. The number of aromatic nitrogens is 2. The topological polar surface area (TPSA) is 96.3 Å². The van der Waals surface area contributed by atoms with E-state index < -0.39 is 23.9 Å². The number of rotatable bonds is 8. The summed E-state index contributed by atoms with van der Waals surface area (Å²) in [6.07, 6.45) is 8.99. The first kappa shape index (κ1) is 24.7. The summed E-state index contributed by atoms with van der Waals surface area (Å²) in [6, 6.07) is 17.6. The van der Waals surface area contributed by atoms with Gasteiger partial charge in [-0.2, -0.15) is 0 Å². The van der Waals surface area contributed by atoms with E-state index in [1.807, 2.05) is 71.4 Å². The predicted molar refractivity (Wildman–Crippen MR) is 139 cm³/mol. The van der Waals surface area contributed by atoms with Gasteiger partial charge in [-0.15, -0.1) is 0 Å². The third-order valence-corrected chi connectivity index (χ3v) is 7.16. The smallest absolute Gasteiger partial charge is 0.253 e. The lowest BCUT2D eigenvalue weighted by Crippen LogP contribution is -2.67. The number of hydrogen-bond acceptors (Lipinski definition) is 4. The third-order valence-electron chi connectivity index (χ3n) is 7.16. The van der Waals surface area contributed by atoms with E-state index >= 15 is 0 Å². The van der Waals surface area contributed by atoms with Crippen molar-refractivity contribution in [2.75, 3.05) is 0 Å². The summed E-state index contributed by atoms with van der Waals surface area (Å²) in [5.41, 5.74) is 2.72. The molecule has 0 bridgehead atoms. The minimum absolute atomic E-state index is 0.0500. The summed E-state index contributed by atoms with van der Waals surface area (Å²) in [7, 11) is 0. The maximum atomic E-state index is 13.7. The highest BCUT2D eigenvalue weighted by molar-refractivity contribution is 6.10. The first-order valence-corrected chi connectivity index (χ1v) is 13.1. The van der Waals surface area contributed by atoms with Crippen LogP contribution in [0.1, 0.15) is 48.9 Å². The molecule has 2 fully saturated rings. The second-order valence-corrected chi connectivity index (χ2v) is 9.99. The maximum absolute atomic E-state index is 13.7. The zero-order valence-electron chi connectivity index (χ0n) is 20.9. The fourth-order valence-electron chi connectivity index (χ4n) is 5.26. The predicted octanol–water partition coefficient (Wildman–Crippen LogP) is 2.82. The second kappa shape index (κ2) is 11.4. The average molecular weight is 500 g/mol. The van der Waals surface area contributed by atoms with Crippen LogP contribution in [0.4, 0.5) is 0 Å². The van der Waals surface area contributed by atoms with Gasteiger partial charge in [-0.05, 0) is 24.0 Å². The molecule has 1 aliphatic heterocycles. The van der Waals surface area contributed by atoms with Gasteiger partial charge in [0.05, 0.1) is 12.0 Å². The van der Waals surface area contributed by atoms with E-state index in [-0.39, 0.29) is 24.9 Å². The summed E-state index contributed by atoms with van der Waals surface area (Å²) in [5, 5.41) is 5.85. The molecule has 2 aliphatic rings. The van der Waals surface area contributed by atoms with Crippen LogP contribution in [0.15, 0.2) is 73.2 Å². The molecule has 5 rings (SSSR count). The number of amides is 3. The SMILES string of the molecule is O=C(NC1CCCCC1)C1C(=O)NC(Cc2cn(Cc3ccccc3)cn2)C(=O)N1Cc1ccccc1. The van der Waals surface area contributed by atoms with Crippen molar-refractivity contribution in [2.45, 2.75) is 69.7 Å². The van der Waals surface area contributed by atoms with Crippen molar-refractivity contribution in [3.8, 4) is 0 Å². The largest absolute Gasteiger partial charge is 0.351 e. The van der Waals surface area contributed by atoms with E-state index in [1.165, 1.54) is 4.90 Å². The molecule has 2 atom stereocenters. The Bertz CT molecular complexity index is 1220. The molecule has 2 aromatic carbocycles. The summed E-state index contributed by atoms with van der Waals surface area (Å²) >= 11 is 0. The number of carbonyl (C=O) groups is 3. The van der Waals surface area contributed by atoms with Gasteiger partial charge in [0.25, 0.3) is 11.8 Å². The van der Waals surface area contributed by atoms with Crippen LogP contribution in [0.25, 0.3) is 0 Å². The maximum Gasteiger partial charge on any atom is 0.253 e. The molecule has 2 unspecified atom stereocenters. The van der Waals surface area contributed by atoms with Crippen molar-refractivity contribution in [2.24, 2.45) is 0 Å². The van der Waals surface area contributed by atoms with E-state index in [0.717, 1.165) is 43.2 Å². The quantitative estimate of drug-likeness (QED) is 0.466. The number of nitrogens with one attached hydrogen (secondary N) is 2. The van der Waals surface area contributed by atoms with Crippen molar-refractivity contribution in [3.05, 3.63) is 90.0 Å².